The molecule has 0 atom stereocenters. The number of benzene rings is 1. The van der Waals surface area contributed by atoms with E-state index in [2.05, 4.69) is 14.9 Å². The predicted octanol–water partition coefficient (Wildman–Crippen LogP) is 2.09. The van der Waals surface area contributed by atoms with E-state index in [1.165, 1.54) is 0 Å². The van der Waals surface area contributed by atoms with Crippen molar-refractivity contribution in [2.45, 2.75) is 25.2 Å². The van der Waals surface area contributed by atoms with E-state index in [0.717, 1.165) is 37.3 Å². The maximum Gasteiger partial charge on any atom is 0.274 e. The number of piperidine rings is 1. The van der Waals surface area contributed by atoms with E-state index >= 15 is 0 Å². The van der Waals surface area contributed by atoms with Gasteiger partial charge in [-0.05, 0) is 5.56 Å². The lowest BCUT2D eigenvalue weighted by Gasteiger charge is -2.37. The minimum atomic E-state index is -0.403. The summed E-state index contributed by atoms with van der Waals surface area (Å²) >= 11 is 0. The molecule has 0 unspecified atom stereocenters. The van der Waals surface area contributed by atoms with Crippen LogP contribution in [0.5, 0.6) is 0 Å². The number of ether oxygens (including phenoxy) is 2. The molecule has 0 radical (unpaired) electrons. The Morgan fingerprint density at radius 3 is 2.44 bits per heavy atom. The quantitative estimate of drug-likeness (QED) is 0.823. The van der Waals surface area contributed by atoms with Crippen molar-refractivity contribution in [3.8, 4) is 0 Å². The van der Waals surface area contributed by atoms with Crippen molar-refractivity contribution in [1.29, 1.82) is 0 Å². The van der Waals surface area contributed by atoms with Crippen LogP contribution in [-0.2, 0) is 16.0 Å². The third kappa shape index (κ3) is 3.94. The summed E-state index contributed by atoms with van der Waals surface area (Å²) in [5, 5.41) is 0. The summed E-state index contributed by atoms with van der Waals surface area (Å²) in [7, 11) is 1.77. The van der Waals surface area contributed by atoms with Crippen LogP contribution in [0, 0.1) is 0 Å². The summed E-state index contributed by atoms with van der Waals surface area (Å²) in [6, 6.07) is 9.89. The van der Waals surface area contributed by atoms with E-state index in [1.807, 2.05) is 30.3 Å². The zero-order valence-corrected chi connectivity index (χ0v) is 15.5. The first-order valence-corrected chi connectivity index (χ1v) is 9.30. The Hall–Kier alpha value is -2.51. The van der Waals surface area contributed by atoms with Crippen molar-refractivity contribution in [2.75, 3.05) is 38.3 Å². The van der Waals surface area contributed by atoms with Crippen LogP contribution < -0.4 is 4.90 Å². The molecule has 1 amide bonds. The first-order valence-electron chi connectivity index (χ1n) is 9.30. The molecule has 1 aromatic carbocycles. The van der Waals surface area contributed by atoms with Crippen molar-refractivity contribution >= 4 is 11.7 Å². The van der Waals surface area contributed by atoms with Gasteiger partial charge in [0.05, 0.1) is 25.6 Å². The molecule has 7 heteroatoms. The second-order valence-corrected chi connectivity index (χ2v) is 7.00. The van der Waals surface area contributed by atoms with Crippen LogP contribution in [0.2, 0.25) is 0 Å². The molecule has 1 spiro atoms. The SMILES string of the molecule is CN(Cc1ccccc1)C(=O)c1cnc(N2CCC3(CC2)OCCO3)cn1. The molecule has 142 valence electrons. The van der Waals surface area contributed by atoms with Crippen molar-refractivity contribution in [1.82, 2.24) is 14.9 Å². The van der Waals surface area contributed by atoms with E-state index in [-0.39, 0.29) is 5.91 Å². The van der Waals surface area contributed by atoms with Crippen LogP contribution in [0.3, 0.4) is 0 Å². The predicted molar refractivity (Wildman–Crippen MR) is 100 cm³/mol. The highest BCUT2D eigenvalue weighted by atomic mass is 16.7. The molecule has 0 saturated carbocycles. The molecule has 2 aromatic rings. The molecular formula is C20H24N4O3. The van der Waals surface area contributed by atoms with Crippen LogP contribution in [0.25, 0.3) is 0 Å². The van der Waals surface area contributed by atoms with Gasteiger partial charge in [0.25, 0.3) is 5.91 Å². The van der Waals surface area contributed by atoms with Crippen LogP contribution in [0.4, 0.5) is 5.82 Å². The molecule has 0 bridgehead atoms. The number of carbonyl (C=O) groups is 1. The van der Waals surface area contributed by atoms with Gasteiger partial charge >= 0.3 is 0 Å². The van der Waals surface area contributed by atoms with Gasteiger partial charge in [0.1, 0.15) is 11.5 Å². The number of aromatic nitrogens is 2. The van der Waals surface area contributed by atoms with Gasteiger partial charge < -0.3 is 19.3 Å². The highest BCUT2D eigenvalue weighted by molar-refractivity contribution is 5.91. The number of hydrogen-bond acceptors (Lipinski definition) is 6. The lowest BCUT2D eigenvalue weighted by molar-refractivity contribution is -0.169. The molecule has 2 fully saturated rings. The Labute approximate surface area is 158 Å². The average Bonchev–Trinajstić information content (AvgIpc) is 3.17. The molecule has 3 heterocycles. The van der Waals surface area contributed by atoms with Crippen molar-refractivity contribution in [3.63, 3.8) is 0 Å². The van der Waals surface area contributed by atoms with Gasteiger partial charge in [-0.25, -0.2) is 9.97 Å². The molecular weight excluding hydrogens is 344 g/mol. The fraction of sp³-hybridized carbons (Fsp3) is 0.450. The van der Waals surface area contributed by atoms with Gasteiger partial charge in [-0.15, -0.1) is 0 Å². The van der Waals surface area contributed by atoms with Gasteiger partial charge in [0.15, 0.2) is 5.79 Å². The molecule has 2 aliphatic heterocycles. The number of hydrogen-bond donors (Lipinski definition) is 0. The zero-order chi connectivity index (χ0) is 18.7. The first-order chi connectivity index (χ1) is 13.2. The van der Waals surface area contributed by atoms with Gasteiger partial charge in [0.2, 0.25) is 0 Å². The first kappa shape index (κ1) is 17.9. The van der Waals surface area contributed by atoms with E-state index in [4.69, 9.17) is 9.47 Å². The number of anilines is 1. The molecule has 2 aliphatic rings. The third-order valence-corrected chi connectivity index (χ3v) is 5.13. The Kier molecular flexibility index (Phi) is 5.05. The molecule has 1 aromatic heterocycles. The Balaban J connectivity index is 1.36. The second-order valence-electron chi connectivity index (χ2n) is 7.00. The van der Waals surface area contributed by atoms with Gasteiger partial charge in [-0.3, -0.25) is 4.79 Å². The van der Waals surface area contributed by atoms with Crippen LogP contribution in [0.1, 0.15) is 28.9 Å². The smallest absolute Gasteiger partial charge is 0.274 e. The fourth-order valence-corrected chi connectivity index (χ4v) is 3.58. The van der Waals surface area contributed by atoms with E-state index in [9.17, 15) is 4.79 Å². The van der Waals surface area contributed by atoms with E-state index < -0.39 is 5.79 Å². The van der Waals surface area contributed by atoms with E-state index in [0.29, 0.717) is 25.5 Å². The summed E-state index contributed by atoms with van der Waals surface area (Å²) in [5.41, 5.74) is 1.43. The summed E-state index contributed by atoms with van der Waals surface area (Å²) in [5.74, 6) is 0.244. The van der Waals surface area contributed by atoms with Crippen molar-refractivity contribution in [3.05, 3.63) is 54.0 Å². The second kappa shape index (κ2) is 7.62. The lowest BCUT2D eigenvalue weighted by atomic mass is 10.0. The molecule has 4 rings (SSSR count). The normalized spacial score (nSPS) is 18.6. The van der Waals surface area contributed by atoms with E-state index in [1.54, 1.807) is 24.3 Å². The zero-order valence-electron chi connectivity index (χ0n) is 15.5. The molecule has 2 saturated heterocycles. The monoisotopic (exact) mass is 368 g/mol. The summed E-state index contributed by atoms with van der Waals surface area (Å²) in [6.45, 7) is 3.49. The number of amides is 1. The molecule has 27 heavy (non-hydrogen) atoms. The van der Waals surface area contributed by atoms with Gasteiger partial charge in [-0.2, -0.15) is 0 Å². The summed E-state index contributed by atoms with van der Waals surface area (Å²) < 4.78 is 11.5. The highest BCUT2D eigenvalue weighted by Crippen LogP contribution is 2.32. The maximum absolute atomic E-state index is 12.6. The van der Waals surface area contributed by atoms with Gasteiger partial charge in [-0.1, -0.05) is 30.3 Å². The number of rotatable bonds is 4. The van der Waals surface area contributed by atoms with Crippen molar-refractivity contribution in [2.24, 2.45) is 0 Å². The Morgan fingerprint density at radius 1 is 1.11 bits per heavy atom. The summed E-state index contributed by atoms with van der Waals surface area (Å²) in [6.07, 6.45) is 4.87. The molecule has 0 N–H and O–H groups in total. The highest BCUT2D eigenvalue weighted by Gasteiger charge is 2.40. The van der Waals surface area contributed by atoms with Crippen LogP contribution in [-0.4, -0.2) is 59.9 Å². The number of carbonyl (C=O) groups excluding carboxylic acids is 1. The van der Waals surface area contributed by atoms with Gasteiger partial charge in [0, 0.05) is 39.5 Å². The maximum atomic E-state index is 12.6. The standard InChI is InChI=1S/C20H24N4O3/c1-23(15-16-5-3-2-4-6-16)19(25)17-13-22-18(14-21-17)24-9-7-20(8-10-24)26-11-12-27-20/h2-6,13-14H,7-12,15H2,1H3. The largest absolute Gasteiger partial charge is 0.355 e. The van der Waals surface area contributed by atoms with Crippen molar-refractivity contribution < 1.29 is 14.3 Å². The average molecular weight is 368 g/mol. The van der Waals surface area contributed by atoms with Crippen LogP contribution in [0.15, 0.2) is 42.7 Å². The third-order valence-electron chi connectivity index (χ3n) is 5.13. The molecule has 7 nitrogen and oxygen atoms in total. The lowest BCUT2D eigenvalue weighted by Crippen LogP contribution is -2.45. The Morgan fingerprint density at radius 2 is 1.81 bits per heavy atom. The minimum absolute atomic E-state index is 0.136. The van der Waals surface area contributed by atoms with Crippen LogP contribution >= 0.6 is 0 Å². The fourth-order valence-electron chi connectivity index (χ4n) is 3.58. The topological polar surface area (TPSA) is 67.8 Å². The Bertz CT molecular complexity index is 766. The molecule has 0 aliphatic carbocycles. The summed E-state index contributed by atoms with van der Waals surface area (Å²) in [4.78, 5) is 25.2. The number of nitrogens with zero attached hydrogens (tertiary/aromatic N) is 4. The minimum Gasteiger partial charge on any atom is -0.355 e.